The Kier molecular flexibility index (Phi) is 4.29. The van der Waals surface area contributed by atoms with E-state index in [1.807, 2.05) is 13.8 Å². The van der Waals surface area contributed by atoms with E-state index in [1.165, 1.54) is 7.11 Å². The van der Waals surface area contributed by atoms with Gasteiger partial charge in [0.2, 0.25) is 11.8 Å². The topological polar surface area (TPSA) is 75.7 Å². The molecule has 24 heavy (non-hydrogen) atoms. The lowest BCUT2D eigenvalue weighted by atomic mass is 10.1. The van der Waals surface area contributed by atoms with Crippen molar-refractivity contribution in [1.82, 2.24) is 4.90 Å². The maximum absolute atomic E-state index is 12.7. The summed E-state index contributed by atoms with van der Waals surface area (Å²) in [6, 6.07) is 4.54. The zero-order valence-electron chi connectivity index (χ0n) is 13.9. The summed E-state index contributed by atoms with van der Waals surface area (Å²) in [5, 5.41) is 2.87. The molecule has 2 unspecified atom stereocenters. The van der Waals surface area contributed by atoms with Gasteiger partial charge in [-0.1, -0.05) is 6.07 Å². The largest absolute Gasteiger partial charge is 0.465 e. The van der Waals surface area contributed by atoms with E-state index in [0.717, 1.165) is 12.0 Å². The van der Waals surface area contributed by atoms with Gasteiger partial charge in [-0.05, 0) is 38.0 Å². The third kappa shape index (κ3) is 2.77. The number of anilines is 1. The number of fused-ring (bicyclic) bond motifs is 1. The number of nitrogens with one attached hydrogen (secondary N) is 1. The number of aryl methyl sites for hydroxylation is 1. The highest BCUT2D eigenvalue weighted by Gasteiger charge is 2.52. The molecule has 1 aromatic carbocycles. The van der Waals surface area contributed by atoms with E-state index in [1.54, 1.807) is 34.9 Å². The molecule has 2 saturated heterocycles. The summed E-state index contributed by atoms with van der Waals surface area (Å²) < 4.78 is 4.71. The van der Waals surface area contributed by atoms with Gasteiger partial charge in [0.25, 0.3) is 0 Å². The lowest BCUT2D eigenvalue weighted by molar-refractivity contribution is -0.135. The first-order valence-corrected chi connectivity index (χ1v) is 8.80. The van der Waals surface area contributed by atoms with Crippen molar-refractivity contribution in [1.29, 1.82) is 0 Å². The fraction of sp³-hybridized carbons (Fsp3) is 0.471. The number of esters is 1. The number of rotatable bonds is 3. The maximum Gasteiger partial charge on any atom is 0.337 e. The van der Waals surface area contributed by atoms with Crippen LogP contribution in [0, 0.1) is 6.92 Å². The molecule has 1 aromatic rings. The predicted octanol–water partition coefficient (Wildman–Crippen LogP) is 2.17. The van der Waals surface area contributed by atoms with Crippen LogP contribution in [0.25, 0.3) is 0 Å². The van der Waals surface area contributed by atoms with Gasteiger partial charge in [-0.15, -0.1) is 11.8 Å². The molecule has 128 valence electrons. The van der Waals surface area contributed by atoms with Gasteiger partial charge in [-0.3, -0.25) is 9.59 Å². The molecule has 2 aliphatic rings. The van der Waals surface area contributed by atoms with Crippen LogP contribution >= 0.6 is 11.8 Å². The smallest absolute Gasteiger partial charge is 0.337 e. The quantitative estimate of drug-likeness (QED) is 0.848. The van der Waals surface area contributed by atoms with Gasteiger partial charge in [0.1, 0.15) is 6.04 Å². The zero-order valence-corrected chi connectivity index (χ0v) is 14.7. The van der Waals surface area contributed by atoms with E-state index in [2.05, 4.69) is 5.32 Å². The third-order valence-electron chi connectivity index (χ3n) is 4.66. The third-order valence-corrected chi connectivity index (χ3v) is 6.17. The summed E-state index contributed by atoms with van der Waals surface area (Å²) in [5.74, 6) is -0.0532. The highest BCUT2D eigenvalue weighted by atomic mass is 32.2. The molecule has 0 spiro atoms. The van der Waals surface area contributed by atoms with Gasteiger partial charge in [0, 0.05) is 17.9 Å². The molecular weight excluding hydrogens is 328 g/mol. The Bertz CT molecular complexity index is 721. The Balaban J connectivity index is 1.80. The van der Waals surface area contributed by atoms with Gasteiger partial charge < -0.3 is 15.0 Å². The average Bonchev–Trinajstić information content (AvgIpc) is 3.05. The number of methoxy groups -OCH3 is 1. The number of hydrogen-bond donors (Lipinski definition) is 1. The van der Waals surface area contributed by atoms with E-state index in [9.17, 15) is 14.4 Å². The summed E-state index contributed by atoms with van der Waals surface area (Å²) in [4.78, 5) is 38.0. The molecule has 2 amide bonds. The molecule has 6 nitrogen and oxygen atoms in total. The van der Waals surface area contributed by atoms with Gasteiger partial charge in [-0.25, -0.2) is 4.79 Å². The Hall–Kier alpha value is -2.02. The van der Waals surface area contributed by atoms with E-state index in [-0.39, 0.29) is 16.7 Å². The molecule has 0 radical (unpaired) electrons. The second-order valence-electron chi connectivity index (χ2n) is 6.28. The lowest BCUT2D eigenvalue weighted by Gasteiger charge is -2.30. The first-order valence-electron chi connectivity index (χ1n) is 7.82. The van der Waals surface area contributed by atoms with Crippen LogP contribution in [-0.2, 0) is 14.3 Å². The standard InChI is InChI=1S/C17H20N2O4S/c1-10-4-5-11(16(22)23-3)8-12(10)18-15(21)13-9-24-17(2)7-6-14(20)19(13)17/h4-5,8,13H,6-7,9H2,1-3H3,(H,18,21). The zero-order chi connectivity index (χ0) is 17.5. The fourth-order valence-electron chi connectivity index (χ4n) is 3.23. The van der Waals surface area contributed by atoms with Crippen molar-refractivity contribution in [3.05, 3.63) is 29.3 Å². The van der Waals surface area contributed by atoms with Gasteiger partial charge in [0.05, 0.1) is 17.5 Å². The molecule has 0 saturated carbocycles. The first-order chi connectivity index (χ1) is 11.4. The minimum absolute atomic E-state index is 0.0303. The van der Waals surface area contributed by atoms with Crippen LogP contribution in [-0.4, -0.2) is 46.5 Å². The Morgan fingerprint density at radius 2 is 2.17 bits per heavy atom. The van der Waals surface area contributed by atoms with Crippen molar-refractivity contribution in [2.75, 3.05) is 18.2 Å². The van der Waals surface area contributed by atoms with Crippen LogP contribution in [0.15, 0.2) is 18.2 Å². The number of carbonyl (C=O) groups excluding carboxylic acids is 3. The van der Waals surface area contributed by atoms with E-state index in [4.69, 9.17) is 4.74 Å². The highest BCUT2D eigenvalue weighted by molar-refractivity contribution is 8.01. The summed E-state index contributed by atoms with van der Waals surface area (Å²) in [5.41, 5.74) is 1.78. The summed E-state index contributed by atoms with van der Waals surface area (Å²) >= 11 is 1.65. The number of nitrogens with zero attached hydrogens (tertiary/aromatic N) is 1. The van der Waals surface area contributed by atoms with Crippen LogP contribution in [0.4, 0.5) is 5.69 Å². The normalized spacial score (nSPS) is 25.5. The Morgan fingerprint density at radius 1 is 1.42 bits per heavy atom. The molecule has 2 fully saturated rings. The van der Waals surface area contributed by atoms with Gasteiger partial charge >= 0.3 is 5.97 Å². The van der Waals surface area contributed by atoms with Crippen molar-refractivity contribution in [2.45, 2.75) is 37.6 Å². The van der Waals surface area contributed by atoms with Crippen LogP contribution in [0.2, 0.25) is 0 Å². The number of ether oxygens (including phenoxy) is 1. The van der Waals surface area contributed by atoms with Crippen LogP contribution in [0.1, 0.15) is 35.7 Å². The minimum Gasteiger partial charge on any atom is -0.465 e. The van der Waals surface area contributed by atoms with Gasteiger partial charge in [-0.2, -0.15) is 0 Å². The van der Waals surface area contributed by atoms with Crippen molar-refractivity contribution in [3.8, 4) is 0 Å². The Morgan fingerprint density at radius 3 is 2.88 bits per heavy atom. The van der Waals surface area contributed by atoms with Crippen LogP contribution in [0.3, 0.4) is 0 Å². The van der Waals surface area contributed by atoms with E-state index in [0.29, 0.717) is 23.4 Å². The molecule has 0 aromatic heterocycles. The lowest BCUT2D eigenvalue weighted by Crippen LogP contribution is -2.48. The molecule has 7 heteroatoms. The molecule has 2 aliphatic heterocycles. The van der Waals surface area contributed by atoms with Crippen LogP contribution in [0.5, 0.6) is 0 Å². The maximum atomic E-state index is 12.7. The van der Waals surface area contributed by atoms with Crippen molar-refractivity contribution in [3.63, 3.8) is 0 Å². The molecular formula is C17H20N2O4S. The summed E-state index contributed by atoms with van der Waals surface area (Å²) in [7, 11) is 1.32. The predicted molar refractivity (Wildman–Crippen MR) is 91.9 cm³/mol. The van der Waals surface area contributed by atoms with E-state index < -0.39 is 12.0 Å². The van der Waals surface area contributed by atoms with Crippen molar-refractivity contribution >= 4 is 35.2 Å². The molecule has 0 aliphatic carbocycles. The molecule has 2 heterocycles. The average molecular weight is 348 g/mol. The fourth-order valence-corrected chi connectivity index (χ4v) is 4.66. The number of amides is 2. The Labute approximate surface area is 144 Å². The summed E-state index contributed by atoms with van der Waals surface area (Å²) in [6.45, 7) is 3.87. The minimum atomic E-state index is -0.476. The van der Waals surface area contributed by atoms with Crippen LogP contribution < -0.4 is 5.32 Å². The number of carbonyl (C=O) groups is 3. The second kappa shape index (κ2) is 6.12. The summed E-state index contributed by atoms with van der Waals surface area (Å²) in [6.07, 6.45) is 1.27. The van der Waals surface area contributed by atoms with Crippen molar-refractivity contribution < 1.29 is 19.1 Å². The molecule has 3 rings (SSSR count). The highest BCUT2D eigenvalue weighted by Crippen LogP contribution is 2.47. The number of thioether (sulfide) groups is 1. The number of hydrogen-bond acceptors (Lipinski definition) is 5. The van der Waals surface area contributed by atoms with E-state index >= 15 is 0 Å². The monoisotopic (exact) mass is 348 g/mol. The van der Waals surface area contributed by atoms with Crippen molar-refractivity contribution in [2.24, 2.45) is 0 Å². The SMILES string of the molecule is COC(=O)c1ccc(C)c(NC(=O)C2CSC3(C)CCC(=O)N23)c1. The number of benzene rings is 1. The molecule has 1 N–H and O–H groups in total. The first kappa shape index (κ1) is 16.8. The second-order valence-corrected chi connectivity index (χ2v) is 7.78. The van der Waals surface area contributed by atoms with Gasteiger partial charge in [0.15, 0.2) is 0 Å². The molecule has 2 atom stereocenters. The molecule has 0 bridgehead atoms.